The molecule has 0 atom stereocenters. The third kappa shape index (κ3) is 4.40. The Hall–Kier alpha value is -3.55. The molecule has 8 heteroatoms. The fourth-order valence-electron chi connectivity index (χ4n) is 2.78. The van der Waals surface area contributed by atoms with Gasteiger partial charge in [0.15, 0.2) is 0 Å². The van der Waals surface area contributed by atoms with Crippen molar-refractivity contribution in [2.24, 2.45) is 0 Å². The number of pyridine rings is 1. The molecule has 1 heterocycles. The summed E-state index contributed by atoms with van der Waals surface area (Å²) in [6.07, 6.45) is -3.62. The first kappa shape index (κ1) is 19.2. The molecule has 0 radical (unpaired) electrons. The van der Waals surface area contributed by atoms with E-state index in [1.165, 1.54) is 24.4 Å². The number of carbonyl (C=O) groups is 1. The number of amides is 1. The molecule has 3 N–H and O–H groups in total. The molecular weight excluding hydrogens is 371 g/mol. The van der Waals surface area contributed by atoms with Crippen LogP contribution in [0.5, 0.6) is 5.75 Å². The fourth-order valence-corrected chi connectivity index (χ4v) is 2.78. The van der Waals surface area contributed by atoms with E-state index in [2.05, 4.69) is 15.0 Å². The molecule has 0 aliphatic heterocycles. The molecule has 0 bridgehead atoms. The minimum absolute atomic E-state index is 0.212. The minimum atomic E-state index is -4.93. The Morgan fingerprint density at radius 3 is 2.39 bits per heavy atom. The molecule has 5 nitrogen and oxygen atoms in total. The molecular formula is C20H16F3N3O2. The van der Waals surface area contributed by atoms with Crippen molar-refractivity contribution >= 4 is 17.4 Å². The lowest BCUT2D eigenvalue weighted by Gasteiger charge is -2.18. The average Bonchev–Trinajstić information content (AvgIpc) is 2.63. The third-order valence-corrected chi connectivity index (χ3v) is 4.01. The van der Waals surface area contributed by atoms with Gasteiger partial charge in [0, 0.05) is 0 Å². The summed E-state index contributed by atoms with van der Waals surface area (Å²) in [7, 11) is 0. The Morgan fingerprint density at radius 1 is 1.07 bits per heavy atom. The van der Waals surface area contributed by atoms with Gasteiger partial charge in [0.05, 0.1) is 17.4 Å². The number of ether oxygens (including phenoxy) is 1. The van der Waals surface area contributed by atoms with E-state index >= 15 is 0 Å². The van der Waals surface area contributed by atoms with Crippen molar-refractivity contribution in [1.29, 1.82) is 0 Å². The minimum Gasteiger partial charge on any atom is -0.405 e. The van der Waals surface area contributed by atoms with Gasteiger partial charge >= 0.3 is 6.36 Å². The van der Waals surface area contributed by atoms with Gasteiger partial charge in [-0.1, -0.05) is 36.4 Å². The summed E-state index contributed by atoms with van der Waals surface area (Å²) in [4.78, 5) is 16.6. The van der Waals surface area contributed by atoms with E-state index in [1.807, 2.05) is 6.07 Å². The van der Waals surface area contributed by atoms with Crippen molar-refractivity contribution in [3.8, 4) is 16.9 Å². The summed E-state index contributed by atoms with van der Waals surface area (Å²) in [5.41, 5.74) is 7.32. The molecule has 2 aromatic carbocycles. The van der Waals surface area contributed by atoms with Gasteiger partial charge < -0.3 is 15.8 Å². The highest BCUT2D eigenvalue weighted by atomic mass is 19.4. The Kier molecular flexibility index (Phi) is 5.21. The zero-order valence-corrected chi connectivity index (χ0v) is 14.7. The molecule has 0 saturated heterocycles. The summed E-state index contributed by atoms with van der Waals surface area (Å²) >= 11 is 0. The predicted molar refractivity (Wildman–Crippen MR) is 99.9 cm³/mol. The number of nitrogen functional groups attached to an aromatic ring is 1. The number of halogens is 3. The predicted octanol–water partition coefficient (Wildman–Crippen LogP) is 4.79. The van der Waals surface area contributed by atoms with Gasteiger partial charge in [0.2, 0.25) is 0 Å². The van der Waals surface area contributed by atoms with E-state index in [-0.39, 0.29) is 11.4 Å². The van der Waals surface area contributed by atoms with E-state index in [9.17, 15) is 18.0 Å². The lowest BCUT2D eigenvalue weighted by molar-refractivity contribution is -0.274. The summed E-state index contributed by atoms with van der Waals surface area (Å²) < 4.78 is 42.6. The molecule has 0 spiro atoms. The zero-order valence-electron chi connectivity index (χ0n) is 14.7. The molecule has 0 unspecified atom stereocenters. The maximum Gasteiger partial charge on any atom is 0.573 e. The second-order valence-electron chi connectivity index (χ2n) is 5.95. The standard InChI is InChI=1S/C20H16F3N3O2/c1-12-15(13-5-3-2-4-6-13)8-9-16(28-20(21,22)23)18(12)19(27)26-14-7-10-17(24)25-11-14/h2-11H,1H3,(H2,24,25)(H,26,27). The van der Waals surface area contributed by atoms with Gasteiger partial charge in [-0.2, -0.15) is 0 Å². The van der Waals surface area contributed by atoms with Gasteiger partial charge in [-0.05, 0) is 41.8 Å². The molecule has 28 heavy (non-hydrogen) atoms. The number of hydrogen-bond donors (Lipinski definition) is 2. The molecule has 1 aromatic heterocycles. The van der Waals surface area contributed by atoms with Crippen LogP contribution in [0.15, 0.2) is 60.8 Å². The van der Waals surface area contributed by atoms with Gasteiger partial charge in [0.1, 0.15) is 11.6 Å². The molecule has 1 amide bonds. The van der Waals surface area contributed by atoms with Crippen LogP contribution in [0.4, 0.5) is 24.7 Å². The van der Waals surface area contributed by atoms with Crippen molar-refractivity contribution in [3.05, 3.63) is 71.9 Å². The van der Waals surface area contributed by atoms with Crippen LogP contribution >= 0.6 is 0 Å². The van der Waals surface area contributed by atoms with Crippen LogP contribution < -0.4 is 15.8 Å². The summed E-state index contributed by atoms with van der Waals surface area (Å²) in [6, 6.07) is 14.6. The maximum atomic E-state index is 12.8. The monoisotopic (exact) mass is 387 g/mol. The Labute approximate surface area is 159 Å². The zero-order chi connectivity index (χ0) is 20.3. The van der Waals surface area contributed by atoms with E-state index in [1.54, 1.807) is 31.2 Å². The number of nitrogens with zero attached hydrogens (tertiary/aromatic N) is 1. The average molecular weight is 387 g/mol. The third-order valence-electron chi connectivity index (χ3n) is 4.01. The second-order valence-corrected chi connectivity index (χ2v) is 5.95. The van der Waals surface area contributed by atoms with Crippen LogP contribution in [0.25, 0.3) is 11.1 Å². The van der Waals surface area contributed by atoms with E-state index in [0.717, 1.165) is 11.6 Å². The maximum absolute atomic E-state index is 12.8. The van der Waals surface area contributed by atoms with Crippen molar-refractivity contribution in [3.63, 3.8) is 0 Å². The molecule has 144 valence electrons. The first-order chi connectivity index (χ1) is 13.2. The topological polar surface area (TPSA) is 77.2 Å². The van der Waals surface area contributed by atoms with Crippen molar-refractivity contribution < 1.29 is 22.7 Å². The summed E-state index contributed by atoms with van der Waals surface area (Å²) in [6.45, 7) is 1.57. The lowest BCUT2D eigenvalue weighted by atomic mass is 9.95. The summed E-state index contributed by atoms with van der Waals surface area (Å²) in [5.74, 6) is -1.08. The number of benzene rings is 2. The highest BCUT2D eigenvalue weighted by Gasteiger charge is 2.34. The van der Waals surface area contributed by atoms with E-state index in [4.69, 9.17) is 5.73 Å². The number of nitrogens with two attached hydrogens (primary N) is 1. The quantitative estimate of drug-likeness (QED) is 0.675. The van der Waals surface area contributed by atoms with E-state index in [0.29, 0.717) is 16.8 Å². The van der Waals surface area contributed by atoms with E-state index < -0.39 is 18.0 Å². The number of alkyl halides is 3. The van der Waals surface area contributed by atoms with Gasteiger partial charge in [-0.15, -0.1) is 13.2 Å². The summed E-state index contributed by atoms with van der Waals surface area (Å²) in [5, 5.41) is 2.53. The molecule has 0 aliphatic rings. The first-order valence-corrected chi connectivity index (χ1v) is 8.22. The molecule has 3 rings (SSSR count). The number of hydrogen-bond acceptors (Lipinski definition) is 4. The fraction of sp³-hybridized carbons (Fsp3) is 0.100. The number of carbonyl (C=O) groups excluding carboxylic acids is 1. The smallest absolute Gasteiger partial charge is 0.405 e. The van der Waals surface area contributed by atoms with Crippen LogP contribution in [0.2, 0.25) is 0 Å². The highest BCUT2D eigenvalue weighted by molar-refractivity contribution is 6.08. The first-order valence-electron chi connectivity index (χ1n) is 8.22. The van der Waals surface area contributed by atoms with Crippen LogP contribution in [-0.2, 0) is 0 Å². The highest BCUT2D eigenvalue weighted by Crippen LogP contribution is 2.35. The van der Waals surface area contributed by atoms with Gasteiger partial charge in [0.25, 0.3) is 5.91 Å². The molecule has 0 saturated carbocycles. The van der Waals surface area contributed by atoms with Crippen LogP contribution in [0.1, 0.15) is 15.9 Å². The van der Waals surface area contributed by atoms with Gasteiger partial charge in [-0.25, -0.2) is 4.98 Å². The molecule has 0 aliphatic carbocycles. The second kappa shape index (κ2) is 7.59. The Morgan fingerprint density at radius 2 is 1.79 bits per heavy atom. The number of anilines is 2. The van der Waals surface area contributed by atoms with Crippen LogP contribution in [0.3, 0.4) is 0 Å². The van der Waals surface area contributed by atoms with Gasteiger partial charge in [-0.3, -0.25) is 4.79 Å². The normalized spacial score (nSPS) is 11.1. The van der Waals surface area contributed by atoms with Crippen molar-refractivity contribution in [1.82, 2.24) is 4.98 Å². The number of aromatic nitrogens is 1. The Bertz CT molecular complexity index is 988. The molecule has 0 fully saturated rings. The Balaban J connectivity index is 2.06. The molecule has 3 aromatic rings. The van der Waals surface area contributed by atoms with Crippen molar-refractivity contribution in [2.45, 2.75) is 13.3 Å². The number of rotatable bonds is 4. The lowest BCUT2D eigenvalue weighted by Crippen LogP contribution is -2.22. The van der Waals surface area contributed by atoms with Crippen molar-refractivity contribution in [2.75, 3.05) is 11.1 Å². The van der Waals surface area contributed by atoms with Crippen LogP contribution in [-0.4, -0.2) is 17.3 Å². The number of nitrogens with one attached hydrogen (secondary N) is 1. The van der Waals surface area contributed by atoms with Crippen LogP contribution in [0, 0.1) is 6.92 Å². The SMILES string of the molecule is Cc1c(-c2ccccc2)ccc(OC(F)(F)F)c1C(=O)Nc1ccc(N)nc1. The largest absolute Gasteiger partial charge is 0.573 e.